The van der Waals surface area contributed by atoms with Gasteiger partial charge in [-0.25, -0.2) is 12.7 Å². The molecule has 4 nitrogen and oxygen atoms in total. The Labute approximate surface area is 107 Å². The summed E-state index contributed by atoms with van der Waals surface area (Å²) in [4.78, 5) is 1.06. The summed E-state index contributed by atoms with van der Waals surface area (Å²) in [6.45, 7) is 0.121. The molecular weight excluding hydrogens is 258 g/mol. The predicted octanol–water partition coefficient (Wildman–Crippen LogP) is 1.41. The van der Waals surface area contributed by atoms with Crippen molar-refractivity contribution in [2.45, 2.75) is 16.2 Å². The minimum Gasteiger partial charge on any atom is -0.396 e. The molecule has 1 N–H and O–H groups in total. The predicted molar refractivity (Wildman–Crippen MR) is 69.7 cm³/mol. The number of aliphatic hydroxyl groups excluding tert-OH is 1. The van der Waals surface area contributed by atoms with Crippen LogP contribution in [-0.2, 0) is 10.0 Å². The van der Waals surface area contributed by atoms with E-state index in [0.29, 0.717) is 17.1 Å². The maximum Gasteiger partial charge on any atom is 0.243 e. The Hall–Kier alpha value is -0.560. The summed E-state index contributed by atoms with van der Waals surface area (Å²) in [6, 6.07) is 6.93. The molecule has 0 heterocycles. The highest BCUT2D eigenvalue weighted by Crippen LogP contribution is 2.28. The molecule has 96 valence electrons. The van der Waals surface area contributed by atoms with Crippen LogP contribution >= 0.6 is 11.8 Å². The van der Waals surface area contributed by atoms with E-state index in [1.165, 1.54) is 30.2 Å². The summed E-state index contributed by atoms with van der Waals surface area (Å²) in [5.74, 6) is 0.705. The highest BCUT2D eigenvalue weighted by atomic mass is 32.2. The number of rotatable bonds is 6. The van der Waals surface area contributed by atoms with Gasteiger partial charge in [0.1, 0.15) is 0 Å². The number of aliphatic hydroxyl groups is 1. The van der Waals surface area contributed by atoms with Crippen LogP contribution in [-0.4, -0.2) is 44.3 Å². The lowest BCUT2D eigenvalue weighted by atomic mass is 10.4. The van der Waals surface area contributed by atoms with E-state index in [4.69, 9.17) is 5.11 Å². The van der Waals surface area contributed by atoms with E-state index in [-0.39, 0.29) is 6.61 Å². The second kappa shape index (κ2) is 6.39. The smallest absolute Gasteiger partial charge is 0.243 e. The van der Waals surface area contributed by atoms with Gasteiger partial charge in [0.15, 0.2) is 0 Å². The fourth-order valence-corrected chi connectivity index (χ4v) is 3.56. The Kier molecular flexibility index (Phi) is 5.45. The van der Waals surface area contributed by atoms with Gasteiger partial charge in [-0.05, 0) is 18.6 Å². The van der Waals surface area contributed by atoms with Gasteiger partial charge >= 0.3 is 0 Å². The van der Waals surface area contributed by atoms with Crippen molar-refractivity contribution >= 4 is 21.8 Å². The summed E-state index contributed by atoms with van der Waals surface area (Å²) < 4.78 is 25.3. The summed E-state index contributed by atoms with van der Waals surface area (Å²) in [5, 5.41) is 8.72. The van der Waals surface area contributed by atoms with Crippen molar-refractivity contribution in [1.29, 1.82) is 0 Å². The van der Waals surface area contributed by atoms with E-state index in [2.05, 4.69) is 0 Å². The Bertz CT molecular complexity index is 458. The van der Waals surface area contributed by atoms with Crippen LogP contribution in [0.25, 0.3) is 0 Å². The molecule has 0 fully saturated rings. The van der Waals surface area contributed by atoms with Gasteiger partial charge in [0, 0.05) is 31.4 Å². The number of benzene rings is 1. The second-order valence-corrected chi connectivity index (χ2v) is 6.92. The first-order valence-corrected chi connectivity index (χ1v) is 7.68. The van der Waals surface area contributed by atoms with Gasteiger partial charge in [0.25, 0.3) is 0 Å². The fourth-order valence-electron chi connectivity index (χ4n) is 1.23. The minimum atomic E-state index is -3.39. The number of thioether (sulfide) groups is 1. The average Bonchev–Trinajstić information content (AvgIpc) is 2.29. The van der Waals surface area contributed by atoms with Crippen LogP contribution in [0.4, 0.5) is 0 Å². The van der Waals surface area contributed by atoms with Crippen LogP contribution in [0.1, 0.15) is 6.42 Å². The van der Waals surface area contributed by atoms with Crippen molar-refractivity contribution in [3.63, 3.8) is 0 Å². The summed E-state index contributed by atoms with van der Waals surface area (Å²) >= 11 is 1.45. The third-order valence-corrected chi connectivity index (χ3v) is 5.33. The molecule has 17 heavy (non-hydrogen) atoms. The molecule has 1 aromatic carbocycles. The molecule has 6 heteroatoms. The van der Waals surface area contributed by atoms with Gasteiger partial charge in [-0.3, -0.25) is 0 Å². The Balaban J connectivity index is 3.00. The number of hydrogen-bond donors (Lipinski definition) is 1. The van der Waals surface area contributed by atoms with E-state index in [9.17, 15) is 8.42 Å². The summed E-state index contributed by atoms with van der Waals surface area (Å²) in [5.41, 5.74) is 0. The van der Waals surface area contributed by atoms with Crippen LogP contribution in [0, 0.1) is 0 Å². The molecule has 0 aliphatic carbocycles. The lowest BCUT2D eigenvalue weighted by molar-refractivity contribution is 0.296. The van der Waals surface area contributed by atoms with Crippen molar-refractivity contribution in [3.05, 3.63) is 24.3 Å². The molecule has 0 unspecified atom stereocenters. The van der Waals surface area contributed by atoms with E-state index >= 15 is 0 Å². The highest BCUT2D eigenvalue weighted by Gasteiger charge is 2.20. The standard InChI is InChI=1S/C11H17NO3S2/c1-12(2)17(14,15)11-7-4-3-6-10(11)16-9-5-8-13/h3-4,6-7,13H,5,8-9H2,1-2H3. The van der Waals surface area contributed by atoms with Gasteiger partial charge in [-0.1, -0.05) is 12.1 Å². The SMILES string of the molecule is CN(C)S(=O)(=O)c1ccccc1SCCCO. The van der Waals surface area contributed by atoms with Crippen LogP contribution in [0.5, 0.6) is 0 Å². The monoisotopic (exact) mass is 275 g/mol. The van der Waals surface area contributed by atoms with Gasteiger partial charge in [-0.15, -0.1) is 11.8 Å². The normalized spacial score (nSPS) is 12.0. The Morgan fingerprint density at radius 2 is 1.94 bits per heavy atom. The lowest BCUT2D eigenvalue weighted by Crippen LogP contribution is -2.22. The quantitative estimate of drug-likeness (QED) is 0.630. The molecule has 0 atom stereocenters. The van der Waals surface area contributed by atoms with E-state index in [0.717, 1.165) is 4.90 Å². The maximum absolute atomic E-state index is 12.0. The third kappa shape index (κ3) is 3.70. The largest absolute Gasteiger partial charge is 0.396 e. The minimum absolute atomic E-state index is 0.121. The van der Waals surface area contributed by atoms with Gasteiger partial charge in [-0.2, -0.15) is 0 Å². The maximum atomic E-state index is 12.0. The summed E-state index contributed by atoms with van der Waals surface area (Å²) in [7, 11) is -0.358. The molecule has 0 bridgehead atoms. The molecule has 0 spiro atoms. The van der Waals surface area contributed by atoms with Crippen LogP contribution in [0.2, 0.25) is 0 Å². The number of sulfonamides is 1. The van der Waals surface area contributed by atoms with Crippen molar-refractivity contribution in [2.75, 3.05) is 26.5 Å². The number of nitrogens with zero attached hydrogens (tertiary/aromatic N) is 1. The highest BCUT2D eigenvalue weighted by molar-refractivity contribution is 8.00. The van der Waals surface area contributed by atoms with Crippen LogP contribution in [0.3, 0.4) is 0 Å². The van der Waals surface area contributed by atoms with Crippen LogP contribution < -0.4 is 0 Å². The van der Waals surface area contributed by atoms with E-state index < -0.39 is 10.0 Å². The number of hydrogen-bond acceptors (Lipinski definition) is 4. The van der Waals surface area contributed by atoms with E-state index in [1.54, 1.807) is 18.2 Å². The summed E-state index contributed by atoms with van der Waals surface area (Å²) in [6.07, 6.45) is 0.654. The molecule has 0 aliphatic heterocycles. The molecule has 0 amide bonds. The van der Waals surface area contributed by atoms with Crippen molar-refractivity contribution in [1.82, 2.24) is 4.31 Å². The Morgan fingerprint density at radius 1 is 1.29 bits per heavy atom. The van der Waals surface area contributed by atoms with Gasteiger partial charge in [0.05, 0.1) is 4.90 Å². The molecular formula is C11H17NO3S2. The molecule has 0 saturated carbocycles. The third-order valence-electron chi connectivity index (χ3n) is 2.17. The second-order valence-electron chi connectivity index (χ2n) is 3.66. The van der Waals surface area contributed by atoms with Crippen molar-refractivity contribution in [2.24, 2.45) is 0 Å². The molecule has 0 aromatic heterocycles. The zero-order valence-electron chi connectivity index (χ0n) is 9.96. The molecule has 0 saturated heterocycles. The van der Waals surface area contributed by atoms with E-state index in [1.807, 2.05) is 6.07 Å². The average molecular weight is 275 g/mol. The van der Waals surface area contributed by atoms with Crippen molar-refractivity contribution < 1.29 is 13.5 Å². The zero-order valence-corrected chi connectivity index (χ0v) is 11.6. The van der Waals surface area contributed by atoms with Gasteiger partial charge < -0.3 is 5.11 Å². The topological polar surface area (TPSA) is 57.6 Å². The molecule has 1 rings (SSSR count). The molecule has 1 aromatic rings. The Morgan fingerprint density at radius 3 is 2.53 bits per heavy atom. The molecule has 0 radical (unpaired) electrons. The zero-order chi connectivity index (χ0) is 12.9. The van der Waals surface area contributed by atoms with Gasteiger partial charge in [0.2, 0.25) is 10.0 Å². The fraction of sp³-hybridized carbons (Fsp3) is 0.455. The first kappa shape index (κ1) is 14.5. The lowest BCUT2D eigenvalue weighted by Gasteiger charge is -2.14. The first-order chi connectivity index (χ1) is 8.00. The molecule has 0 aliphatic rings. The first-order valence-electron chi connectivity index (χ1n) is 5.25. The van der Waals surface area contributed by atoms with Crippen molar-refractivity contribution in [3.8, 4) is 0 Å². The van der Waals surface area contributed by atoms with Crippen LogP contribution in [0.15, 0.2) is 34.1 Å².